The summed E-state index contributed by atoms with van der Waals surface area (Å²) in [6.45, 7) is 6.70. The van der Waals surface area contributed by atoms with Gasteiger partial charge in [-0.15, -0.1) is 0 Å². The van der Waals surface area contributed by atoms with Crippen LogP contribution in [-0.4, -0.2) is 133 Å². The lowest BCUT2D eigenvalue weighted by molar-refractivity contribution is -0.140. The number of aromatic nitrogens is 1. The van der Waals surface area contributed by atoms with Gasteiger partial charge in [-0.2, -0.15) is 0 Å². The number of nitrogens with zero attached hydrogens (tertiary/aromatic N) is 2. The number of hydrogen-bond donors (Lipinski definition) is 9. The Morgan fingerprint density at radius 3 is 2.00 bits per heavy atom. The summed E-state index contributed by atoms with van der Waals surface area (Å²) >= 11 is 0. The Morgan fingerprint density at radius 1 is 0.744 bits per heavy atom. The summed E-state index contributed by atoms with van der Waals surface area (Å²) in [5, 5.41) is 38.2. The maximum Gasteiger partial charge on any atom is 0.320 e. The van der Waals surface area contributed by atoms with Crippen LogP contribution in [0.1, 0.15) is 123 Å². The molecule has 2 aromatic carbocycles. The van der Waals surface area contributed by atoms with Crippen LogP contribution in [0.25, 0.3) is 11.1 Å². The van der Waals surface area contributed by atoms with Crippen molar-refractivity contribution in [1.82, 2.24) is 30.7 Å². The van der Waals surface area contributed by atoms with E-state index in [1.54, 1.807) is 37.6 Å². The molecule has 22 nitrogen and oxygen atoms in total. The van der Waals surface area contributed by atoms with Gasteiger partial charge in [0.2, 0.25) is 35.4 Å². The smallest absolute Gasteiger partial charge is 0.320 e. The highest BCUT2D eigenvalue weighted by Crippen LogP contribution is 2.41. The molecule has 3 aromatic rings. The number of nitrogens with two attached hydrogens (primary N) is 2. The van der Waals surface area contributed by atoms with Crippen molar-refractivity contribution in [2.45, 2.75) is 142 Å². The average Bonchev–Trinajstić information content (AvgIpc) is 3.77. The molecule has 11 N–H and O–H groups in total. The van der Waals surface area contributed by atoms with Crippen LogP contribution < -0.4 is 32.7 Å². The van der Waals surface area contributed by atoms with Crippen LogP contribution >= 0.6 is 0 Å². The van der Waals surface area contributed by atoms with Crippen LogP contribution in [0.3, 0.4) is 0 Å². The van der Waals surface area contributed by atoms with Crippen molar-refractivity contribution in [1.29, 1.82) is 0 Å². The highest BCUT2D eigenvalue weighted by molar-refractivity contribution is 5.97. The summed E-state index contributed by atoms with van der Waals surface area (Å²) in [6.07, 6.45) is -1.61. The SMILES string of the molecule is C[C@H](CC(=O)[C@H](C)NC(=O)CCC(=O)CCC(=O)O)C(=O)N[C@@H](CC(N)=O)C(=O)N[C@@H](CCN(C(=O)CO)[C@@H](c1cc(-c2cc(F)ccc2F)cn1Cc1ccccc1)C(C)(C)C)C(=O)NCCCC(=O)CC[C@H](N)C(=O)O. The second-order valence-corrected chi connectivity index (χ2v) is 20.2. The molecule has 0 aliphatic rings. The van der Waals surface area contributed by atoms with Crippen molar-refractivity contribution in [3.8, 4) is 11.1 Å². The minimum atomic E-state index is -1.74. The van der Waals surface area contributed by atoms with Gasteiger partial charge in [0.05, 0.1) is 24.9 Å². The van der Waals surface area contributed by atoms with Gasteiger partial charge in [0.15, 0.2) is 5.78 Å². The lowest BCUT2D eigenvalue weighted by Crippen LogP contribution is -2.56. The topological polar surface area (TPSA) is 357 Å². The summed E-state index contributed by atoms with van der Waals surface area (Å²) in [5.74, 6) is -11.9. The molecule has 0 saturated carbocycles. The number of ketones is 3. The zero-order chi connectivity index (χ0) is 58.4. The monoisotopic (exact) mass is 1090 g/mol. The Bertz CT molecular complexity index is 2640. The number of carboxylic acids is 2. The van der Waals surface area contributed by atoms with E-state index in [0.29, 0.717) is 5.69 Å². The molecule has 0 bridgehead atoms. The van der Waals surface area contributed by atoms with Crippen molar-refractivity contribution in [2.75, 3.05) is 19.7 Å². The van der Waals surface area contributed by atoms with Crippen molar-refractivity contribution >= 4 is 64.7 Å². The van der Waals surface area contributed by atoms with Crippen LogP contribution in [0, 0.1) is 23.0 Å². The van der Waals surface area contributed by atoms with E-state index in [1.807, 2.05) is 30.3 Å². The molecule has 78 heavy (non-hydrogen) atoms. The van der Waals surface area contributed by atoms with E-state index in [4.69, 9.17) is 21.7 Å². The Kier molecular flexibility index (Phi) is 25.5. The van der Waals surface area contributed by atoms with Crippen LogP contribution in [0.2, 0.25) is 0 Å². The van der Waals surface area contributed by atoms with Crippen molar-refractivity contribution in [2.24, 2.45) is 22.8 Å². The molecule has 0 aliphatic heterocycles. The first-order valence-corrected chi connectivity index (χ1v) is 25.4. The summed E-state index contributed by atoms with van der Waals surface area (Å²) < 4.78 is 31.7. The third-order valence-electron chi connectivity index (χ3n) is 12.6. The molecule has 1 aromatic heterocycles. The minimum absolute atomic E-state index is 0.0644. The molecule has 0 radical (unpaired) electrons. The molecule has 6 amide bonds. The standard InChI is InChI=1S/C54H72F2N8O14/c1-31(24-44(68)32(2)60-46(70)19-15-37(67)16-20-48(72)73)50(74)62-42(27-45(58)69)52(76)61-41(51(75)59-22-9-12-36(66)14-18-40(57)53(77)78)21-23-64(47(71)30-65)49(54(3,4)5)43-25-34(38-26-35(55)13-17-39(38)56)29-63(43)28-33-10-7-6-8-11-33/h6-8,10-11,13,17,25-26,29,31-32,40-42,49,65H,9,12,14-16,18-24,27-28,30,57H2,1-5H3,(H2,58,69)(H,59,75)(H,60,70)(H,61,76)(H,62,74)(H,72,73)(H,77,78)/t31-,32+,40+,41+,42+,49+/m1/s1. The minimum Gasteiger partial charge on any atom is -0.481 e. The van der Waals surface area contributed by atoms with Gasteiger partial charge in [0.25, 0.3) is 0 Å². The largest absolute Gasteiger partial charge is 0.481 e. The van der Waals surface area contributed by atoms with Crippen molar-refractivity contribution in [3.63, 3.8) is 0 Å². The molecule has 0 spiro atoms. The molecular weight excluding hydrogens is 1020 g/mol. The predicted octanol–water partition coefficient (Wildman–Crippen LogP) is 2.60. The molecule has 0 saturated heterocycles. The Hall–Kier alpha value is -7.73. The fraction of sp³-hybridized carbons (Fsp3) is 0.500. The summed E-state index contributed by atoms with van der Waals surface area (Å²) in [6, 6.07) is 6.99. The van der Waals surface area contributed by atoms with Gasteiger partial charge in [-0.05, 0) is 61.4 Å². The van der Waals surface area contributed by atoms with E-state index >= 15 is 4.39 Å². The number of carboxylic acid groups (broad SMARTS) is 2. The number of carbonyl (C=O) groups is 11. The lowest BCUT2D eigenvalue weighted by Gasteiger charge is -2.41. The van der Waals surface area contributed by atoms with E-state index in [2.05, 4.69) is 21.3 Å². The number of carbonyl (C=O) groups excluding carboxylic acids is 9. The summed E-state index contributed by atoms with van der Waals surface area (Å²) in [5.41, 5.74) is 11.5. The molecular formula is C54H72F2N8O14. The fourth-order valence-electron chi connectivity index (χ4n) is 8.41. The number of primary amides is 1. The first kappa shape index (κ1) is 64.6. The lowest BCUT2D eigenvalue weighted by atomic mass is 9.82. The van der Waals surface area contributed by atoms with Gasteiger partial charge < -0.3 is 57.5 Å². The van der Waals surface area contributed by atoms with E-state index < -0.39 is 144 Å². The van der Waals surface area contributed by atoms with E-state index in [1.165, 1.54) is 18.7 Å². The zero-order valence-electron chi connectivity index (χ0n) is 44.5. The second kappa shape index (κ2) is 30.9. The summed E-state index contributed by atoms with van der Waals surface area (Å²) in [4.78, 5) is 141. The number of aliphatic carboxylic acids is 2. The number of hydrogen-bond acceptors (Lipinski definition) is 13. The van der Waals surface area contributed by atoms with Crippen molar-refractivity contribution < 1.29 is 76.8 Å². The second-order valence-electron chi connectivity index (χ2n) is 20.2. The van der Waals surface area contributed by atoms with Gasteiger partial charge in [-0.3, -0.25) is 52.7 Å². The summed E-state index contributed by atoms with van der Waals surface area (Å²) in [7, 11) is 0. The number of aliphatic hydroxyl groups excluding tert-OH is 1. The molecule has 426 valence electrons. The van der Waals surface area contributed by atoms with E-state index in [9.17, 15) is 62.2 Å². The highest BCUT2D eigenvalue weighted by Gasteiger charge is 2.39. The van der Waals surface area contributed by atoms with Crippen LogP contribution in [0.15, 0.2) is 60.8 Å². The quantitative estimate of drug-likeness (QED) is 0.0388. The van der Waals surface area contributed by atoms with Gasteiger partial charge in [-0.25, -0.2) is 8.78 Å². The predicted molar refractivity (Wildman–Crippen MR) is 278 cm³/mol. The number of rotatable bonds is 34. The van der Waals surface area contributed by atoms with Gasteiger partial charge in [-0.1, -0.05) is 58.0 Å². The van der Waals surface area contributed by atoms with Gasteiger partial charge >= 0.3 is 11.9 Å². The molecule has 0 aliphatic carbocycles. The maximum absolute atomic E-state index is 15.4. The van der Waals surface area contributed by atoms with Crippen molar-refractivity contribution in [3.05, 3.63) is 83.7 Å². The molecule has 6 atom stereocenters. The number of aliphatic hydroxyl groups is 1. The van der Waals surface area contributed by atoms with Gasteiger partial charge in [0.1, 0.15) is 47.9 Å². The van der Waals surface area contributed by atoms with E-state index in [0.717, 1.165) is 23.8 Å². The molecule has 0 unspecified atom stereocenters. The number of nitrogens with one attached hydrogen (secondary N) is 4. The first-order valence-electron chi connectivity index (χ1n) is 25.4. The van der Waals surface area contributed by atoms with Gasteiger partial charge in [0, 0.05) is 87.1 Å². The zero-order valence-corrected chi connectivity index (χ0v) is 44.5. The Labute approximate surface area is 450 Å². The molecule has 0 fully saturated rings. The third kappa shape index (κ3) is 21.4. The fourth-order valence-corrected chi connectivity index (χ4v) is 8.41. The third-order valence-corrected chi connectivity index (χ3v) is 12.6. The molecule has 1 heterocycles. The van der Waals surface area contributed by atoms with Crippen LogP contribution in [-0.2, 0) is 59.3 Å². The normalized spacial score (nSPS) is 13.6. The van der Waals surface area contributed by atoms with Crippen LogP contribution in [0.4, 0.5) is 8.78 Å². The molecule has 3 rings (SSSR count). The Morgan fingerprint density at radius 2 is 1.38 bits per heavy atom. The number of benzene rings is 2. The Balaban J connectivity index is 1.96. The molecule has 24 heteroatoms. The number of amides is 6. The highest BCUT2D eigenvalue weighted by atomic mass is 19.1. The average molecular weight is 1100 g/mol. The van der Waals surface area contributed by atoms with E-state index in [-0.39, 0.29) is 81.5 Å². The maximum atomic E-state index is 15.4. The van der Waals surface area contributed by atoms with Crippen LogP contribution in [0.5, 0.6) is 0 Å². The number of Topliss-reactive ketones (excluding diaryl/α,β-unsaturated/α-hetero) is 3. The number of halogens is 2. The first-order chi connectivity index (χ1) is 36.6.